The Morgan fingerprint density at radius 1 is 1.23 bits per heavy atom. The van der Waals surface area contributed by atoms with E-state index in [-0.39, 0.29) is 17.7 Å². The molecule has 4 rings (SSSR count). The lowest BCUT2D eigenvalue weighted by molar-refractivity contribution is 0.128. The summed E-state index contributed by atoms with van der Waals surface area (Å²) < 4.78 is 62.0. The fraction of sp³-hybridized carbons (Fsp3) is 0.450. The van der Waals surface area contributed by atoms with Crippen LogP contribution in [0.2, 0.25) is 0 Å². The first-order valence-corrected chi connectivity index (χ1v) is 11.2. The highest BCUT2D eigenvalue weighted by atomic mass is 32.2. The minimum absolute atomic E-state index is 0.0620. The molecule has 30 heavy (non-hydrogen) atoms. The molecule has 0 spiro atoms. The second-order valence-electron chi connectivity index (χ2n) is 7.51. The highest BCUT2D eigenvalue weighted by Crippen LogP contribution is 2.30. The first kappa shape index (κ1) is 20.8. The van der Waals surface area contributed by atoms with Crippen LogP contribution in [0.1, 0.15) is 18.7 Å². The zero-order valence-corrected chi connectivity index (χ0v) is 17.6. The number of rotatable bonds is 6. The van der Waals surface area contributed by atoms with Crippen molar-refractivity contribution in [2.45, 2.75) is 43.9 Å². The van der Waals surface area contributed by atoms with Crippen molar-refractivity contribution < 1.29 is 21.9 Å². The molecule has 162 valence electrons. The van der Waals surface area contributed by atoms with Gasteiger partial charge in [0.1, 0.15) is 17.7 Å². The largest absolute Gasteiger partial charge is 0.490 e. The van der Waals surface area contributed by atoms with E-state index in [0.717, 1.165) is 5.39 Å². The van der Waals surface area contributed by atoms with Crippen molar-refractivity contribution in [3.8, 4) is 5.75 Å². The summed E-state index contributed by atoms with van der Waals surface area (Å²) in [6.07, 6.45) is 1.66. The van der Waals surface area contributed by atoms with Crippen LogP contribution in [0.4, 0.5) is 8.78 Å². The van der Waals surface area contributed by atoms with Gasteiger partial charge in [-0.15, -0.1) is 0 Å². The number of alkyl halides is 2. The molecule has 3 aromatic rings. The fourth-order valence-electron chi connectivity index (χ4n) is 3.76. The third kappa shape index (κ3) is 3.93. The summed E-state index contributed by atoms with van der Waals surface area (Å²) in [5, 5.41) is 0.837. The predicted octanol–water partition coefficient (Wildman–Crippen LogP) is 3.18. The average Bonchev–Trinajstić information content (AvgIpc) is 3.26. The van der Waals surface area contributed by atoms with Gasteiger partial charge in [0.05, 0.1) is 12.1 Å². The molecule has 1 aliphatic rings. The lowest BCUT2D eigenvalue weighted by Crippen LogP contribution is -2.41. The number of imidazole rings is 1. The highest BCUT2D eigenvalue weighted by Gasteiger charge is 2.32. The zero-order chi connectivity index (χ0) is 21.5. The summed E-state index contributed by atoms with van der Waals surface area (Å²) in [6, 6.07) is 7.15. The third-order valence-corrected chi connectivity index (χ3v) is 7.26. The van der Waals surface area contributed by atoms with Crippen LogP contribution in [0.15, 0.2) is 41.7 Å². The molecule has 1 fully saturated rings. The van der Waals surface area contributed by atoms with Gasteiger partial charge in [-0.3, -0.25) is 0 Å². The van der Waals surface area contributed by atoms with E-state index in [1.165, 1.54) is 15.1 Å². The van der Waals surface area contributed by atoms with Gasteiger partial charge in [-0.1, -0.05) is 6.07 Å². The van der Waals surface area contributed by atoms with E-state index in [4.69, 9.17) is 4.74 Å². The van der Waals surface area contributed by atoms with Gasteiger partial charge in [0.15, 0.2) is 5.03 Å². The van der Waals surface area contributed by atoms with Crippen LogP contribution in [-0.2, 0) is 23.6 Å². The van der Waals surface area contributed by atoms with Crippen LogP contribution in [0.5, 0.6) is 5.75 Å². The van der Waals surface area contributed by atoms with Crippen molar-refractivity contribution in [3.63, 3.8) is 0 Å². The van der Waals surface area contributed by atoms with Gasteiger partial charge in [0.2, 0.25) is 0 Å². The Morgan fingerprint density at radius 2 is 1.97 bits per heavy atom. The van der Waals surface area contributed by atoms with Crippen molar-refractivity contribution in [3.05, 3.63) is 42.5 Å². The van der Waals surface area contributed by atoms with Gasteiger partial charge in [-0.2, -0.15) is 4.31 Å². The number of fused-ring (bicyclic) bond motifs is 1. The summed E-state index contributed by atoms with van der Waals surface area (Å²) in [6.45, 7) is 2.07. The number of ether oxygens (including phenoxy) is 1. The molecule has 1 saturated heterocycles. The lowest BCUT2D eigenvalue weighted by atomic mass is 10.1. The molecule has 0 radical (unpaired) electrons. The van der Waals surface area contributed by atoms with E-state index in [9.17, 15) is 17.2 Å². The summed E-state index contributed by atoms with van der Waals surface area (Å²) in [4.78, 5) is 4.15. The van der Waals surface area contributed by atoms with Gasteiger partial charge in [-0.05, 0) is 38.0 Å². The van der Waals surface area contributed by atoms with Crippen LogP contribution >= 0.6 is 0 Å². The van der Waals surface area contributed by atoms with E-state index in [1.54, 1.807) is 42.9 Å². The van der Waals surface area contributed by atoms with Crippen molar-refractivity contribution >= 4 is 20.9 Å². The molecular formula is C20H24F2N4O3S. The molecule has 3 heterocycles. The molecule has 0 bridgehead atoms. The maximum atomic E-state index is 12.8. The number of sulfonamides is 1. The predicted molar refractivity (Wildman–Crippen MR) is 108 cm³/mol. The van der Waals surface area contributed by atoms with Crippen molar-refractivity contribution in [1.29, 1.82) is 0 Å². The zero-order valence-electron chi connectivity index (χ0n) is 16.8. The molecule has 1 aliphatic heterocycles. The summed E-state index contributed by atoms with van der Waals surface area (Å²) in [5.74, 6) is 1.26. The number of hydrogen-bond acceptors (Lipinski definition) is 4. The molecule has 0 atom stereocenters. The Kier molecular flexibility index (Phi) is 5.54. The smallest absolute Gasteiger partial charge is 0.262 e. The average molecular weight is 439 g/mol. The third-order valence-electron chi connectivity index (χ3n) is 5.49. The Bertz CT molecular complexity index is 1130. The number of nitrogens with zero attached hydrogens (tertiary/aromatic N) is 4. The monoisotopic (exact) mass is 438 g/mol. The minimum Gasteiger partial charge on any atom is -0.490 e. The van der Waals surface area contributed by atoms with Gasteiger partial charge < -0.3 is 13.9 Å². The van der Waals surface area contributed by atoms with Crippen LogP contribution < -0.4 is 4.74 Å². The van der Waals surface area contributed by atoms with Crippen molar-refractivity contribution in [2.24, 2.45) is 7.05 Å². The second-order valence-corrected chi connectivity index (χ2v) is 9.39. The van der Waals surface area contributed by atoms with E-state index < -0.39 is 16.4 Å². The van der Waals surface area contributed by atoms with Crippen LogP contribution in [0.3, 0.4) is 0 Å². The Balaban J connectivity index is 1.45. The number of benzene rings is 1. The summed E-state index contributed by atoms with van der Waals surface area (Å²) in [7, 11) is -1.87. The normalized spacial score (nSPS) is 16.6. The number of aromatic nitrogens is 3. The maximum Gasteiger partial charge on any atom is 0.262 e. The molecule has 0 aliphatic carbocycles. The maximum absolute atomic E-state index is 12.8. The first-order chi connectivity index (χ1) is 14.3. The minimum atomic E-state index is -3.63. The van der Waals surface area contributed by atoms with Crippen LogP contribution in [0.25, 0.3) is 10.9 Å². The molecule has 0 N–H and O–H groups in total. The summed E-state index contributed by atoms with van der Waals surface area (Å²) in [5.41, 5.74) is 0.693. The first-order valence-electron chi connectivity index (χ1n) is 9.78. The van der Waals surface area contributed by atoms with Gasteiger partial charge in [0, 0.05) is 37.9 Å². The molecule has 1 aromatic carbocycles. The molecular weight excluding hydrogens is 414 g/mol. The van der Waals surface area contributed by atoms with Gasteiger partial charge in [-0.25, -0.2) is 22.2 Å². The highest BCUT2D eigenvalue weighted by molar-refractivity contribution is 7.89. The number of aryl methyl sites for hydroxylation is 2. The molecule has 0 unspecified atom stereocenters. The molecule has 10 heteroatoms. The second kappa shape index (κ2) is 7.99. The van der Waals surface area contributed by atoms with Gasteiger partial charge in [0.25, 0.3) is 16.4 Å². The van der Waals surface area contributed by atoms with Gasteiger partial charge >= 0.3 is 0 Å². The Hall–Kier alpha value is -2.46. The Labute approximate surface area is 173 Å². The van der Waals surface area contributed by atoms with E-state index in [1.807, 2.05) is 6.07 Å². The van der Waals surface area contributed by atoms with E-state index in [2.05, 4.69) is 4.98 Å². The van der Waals surface area contributed by atoms with Crippen LogP contribution in [0, 0.1) is 6.92 Å². The fourth-order valence-corrected chi connectivity index (χ4v) is 5.25. The van der Waals surface area contributed by atoms with E-state index >= 15 is 0 Å². The standard InChI is InChI=1S/C20H24F2N4O3S/c1-14-23-20(13-24(14)2)30(27,28)26-10-6-15(7-11-26)29-18-5-3-4-17-16(18)8-9-25(17)12-19(21)22/h3-5,8-9,13,15,19H,6-7,10-12H2,1-2H3. The lowest BCUT2D eigenvalue weighted by Gasteiger charge is -2.31. The van der Waals surface area contributed by atoms with E-state index in [0.29, 0.717) is 43.0 Å². The Morgan fingerprint density at radius 3 is 2.60 bits per heavy atom. The molecule has 0 amide bonds. The quantitative estimate of drug-likeness (QED) is 0.593. The van der Waals surface area contributed by atoms with Crippen molar-refractivity contribution in [2.75, 3.05) is 13.1 Å². The molecule has 0 saturated carbocycles. The number of piperidine rings is 1. The number of hydrogen-bond donors (Lipinski definition) is 0. The molecule has 7 nitrogen and oxygen atoms in total. The number of halogens is 2. The molecule has 2 aromatic heterocycles. The van der Waals surface area contributed by atoms with Crippen molar-refractivity contribution in [1.82, 2.24) is 18.4 Å². The topological polar surface area (TPSA) is 69.4 Å². The van der Waals surface area contributed by atoms with Crippen LogP contribution in [-0.4, -0.2) is 52.5 Å². The summed E-state index contributed by atoms with van der Waals surface area (Å²) >= 11 is 0. The SMILES string of the molecule is Cc1nc(S(=O)(=O)N2CCC(Oc3cccc4c3ccn4CC(F)F)CC2)cn1C.